The van der Waals surface area contributed by atoms with E-state index in [-0.39, 0.29) is 23.4 Å². The van der Waals surface area contributed by atoms with Crippen molar-refractivity contribution in [1.29, 1.82) is 0 Å². The normalized spacial score (nSPS) is 10.3. The van der Waals surface area contributed by atoms with Crippen molar-refractivity contribution < 1.29 is 18.7 Å². The van der Waals surface area contributed by atoms with E-state index in [1.807, 2.05) is 0 Å². The van der Waals surface area contributed by atoms with E-state index in [0.29, 0.717) is 5.56 Å². The molecule has 0 fully saturated rings. The van der Waals surface area contributed by atoms with Crippen molar-refractivity contribution in [1.82, 2.24) is 5.32 Å². The Kier molecular flexibility index (Phi) is 3.98. The molecule has 0 aliphatic carbocycles. The third kappa shape index (κ3) is 3.12. The summed E-state index contributed by atoms with van der Waals surface area (Å²) in [6.45, 7) is 1.66. The number of rotatable bonds is 3. The van der Waals surface area contributed by atoms with E-state index in [9.17, 15) is 18.7 Å². The van der Waals surface area contributed by atoms with E-state index in [1.54, 1.807) is 19.1 Å². The largest absolute Gasteiger partial charge is 0.508 e. The van der Waals surface area contributed by atoms with E-state index in [2.05, 4.69) is 5.32 Å². The molecule has 0 aromatic heterocycles. The van der Waals surface area contributed by atoms with Crippen molar-refractivity contribution in [2.45, 2.75) is 13.5 Å². The van der Waals surface area contributed by atoms with Crippen LogP contribution in [0.25, 0.3) is 0 Å². The molecule has 20 heavy (non-hydrogen) atoms. The van der Waals surface area contributed by atoms with Gasteiger partial charge in [-0.15, -0.1) is 0 Å². The van der Waals surface area contributed by atoms with E-state index >= 15 is 0 Å². The van der Waals surface area contributed by atoms with Gasteiger partial charge in [0.25, 0.3) is 5.91 Å². The van der Waals surface area contributed by atoms with E-state index in [1.165, 1.54) is 12.1 Å². The number of carbonyl (C=O) groups is 1. The number of phenols is 1. The van der Waals surface area contributed by atoms with Gasteiger partial charge in [-0.1, -0.05) is 12.1 Å². The first-order valence-corrected chi connectivity index (χ1v) is 5.99. The summed E-state index contributed by atoms with van der Waals surface area (Å²) in [7, 11) is 0. The zero-order valence-corrected chi connectivity index (χ0v) is 10.8. The zero-order chi connectivity index (χ0) is 14.7. The van der Waals surface area contributed by atoms with E-state index in [4.69, 9.17) is 0 Å². The van der Waals surface area contributed by atoms with Gasteiger partial charge in [0.15, 0.2) is 0 Å². The van der Waals surface area contributed by atoms with Crippen LogP contribution in [0.2, 0.25) is 0 Å². The number of phenolic OH excluding ortho intramolecular Hbond substituents is 1. The van der Waals surface area contributed by atoms with Crippen molar-refractivity contribution in [3.8, 4) is 5.75 Å². The third-order valence-corrected chi connectivity index (χ3v) is 2.93. The number of benzene rings is 2. The Morgan fingerprint density at radius 3 is 2.60 bits per heavy atom. The van der Waals surface area contributed by atoms with Crippen LogP contribution in [-0.2, 0) is 6.54 Å². The molecule has 0 radical (unpaired) electrons. The molecule has 5 heteroatoms. The molecule has 0 aliphatic rings. The van der Waals surface area contributed by atoms with Crippen LogP contribution in [0, 0.1) is 18.6 Å². The second-order valence-electron chi connectivity index (χ2n) is 4.42. The molecule has 3 nitrogen and oxygen atoms in total. The molecule has 2 aromatic rings. The van der Waals surface area contributed by atoms with Crippen molar-refractivity contribution in [3.05, 3.63) is 64.7 Å². The summed E-state index contributed by atoms with van der Waals surface area (Å²) in [4.78, 5) is 11.8. The highest BCUT2D eigenvalue weighted by molar-refractivity contribution is 5.94. The lowest BCUT2D eigenvalue weighted by Gasteiger charge is -2.07. The van der Waals surface area contributed by atoms with Crippen LogP contribution in [0.15, 0.2) is 36.4 Å². The second-order valence-corrected chi connectivity index (χ2v) is 4.42. The zero-order valence-electron chi connectivity index (χ0n) is 10.8. The maximum Gasteiger partial charge on any atom is 0.251 e. The summed E-state index contributed by atoms with van der Waals surface area (Å²) in [5, 5.41) is 12.0. The van der Waals surface area contributed by atoms with Crippen molar-refractivity contribution in [2.75, 3.05) is 0 Å². The van der Waals surface area contributed by atoms with Crippen molar-refractivity contribution in [3.63, 3.8) is 0 Å². The molecule has 0 saturated carbocycles. The smallest absolute Gasteiger partial charge is 0.251 e. The molecular formula is C15H13F2NO2. The number of amides is 1. The number of carbonyl (C=O) groups excluding carboxylic acids is 1. The summed E-state index contributed by atoms with van der Waals surface area (Å²) in [5.41, 5.74) is 1.12. The first kappa shape index (κ1) is 14.0. The lowest BCUT2D eigenvalue weighted by Crippen LogP contribution is -2.23. The summed E-state index contributed by atoms with van der Waals surface area (Å²) < 4.78 is 26.1. The minimum atomic E-state index is -0.711. The molecule has 0 heterocycles. The lowest BCUT2D eigenvalue weighted by molar-refractivity contribution is 0.0950. The Labute approximate surface area is 114 Å². The molecule has 0 bridgehead atoms. The molecule has 0 unspecified atom stereocenters. The van der Waals surface area contributed by atoms with Crippen molar-refractivity contribution >= 4 is 5.91 Å². The van der Waals surface area contributed by atoms with Crippen LogP contribution in [-0.4, -0.2) is 11.0 Å². The van der Waals surface area contributed by atoms with Gasteiger partial charge in [-0.3, -0.25) is 4.79 Å². The minimum absolute atomic E-state index is 0.0191. The SMILES string of the molecule is Cc1ccc(C(=O)NCc2ccc(F)cc2F)cc1O. The number of halogens is 2. The molecule has 104 valence electrons. The van der Waals surface area contributed by atoms with Crippen LogP contribution in [0.1, 0.15) is 21.5 Å². The Morgan fingerprint density at radius 1 is 1.20 bits per heavy atom. The van der Waals surface area contributed by atoms with Gasteiger partial charge in [-0.05, 0) is 30.7 Å². The first-order valence-electron chi connectivity index (χ1n) is 5.99. The van der Waals surface area contributed by atoms with Crippen LogP contribution in [0.5, 0.6) is 5.75 Å². The maximum absolute atomic E-state index is 13.4. The Hall–Kier alpha value is -2.43. The standard InChI is InChI=1S/C15H13F2NO2/c1-9-2-3-10(6-14(9)19)15(20)18-8-11-4-5-12(16)7-13(11)17/h2-7,19H,8H2,1H3,(H,18,20). The van der Waals surface area contributed by atoms with E-state index < -0.39 is 17.5 Å². The minimum Gasteiger partial charge on any atom is -0.508 e. The number of aryl methyl sites for hydroxylation is 1. The Morgan fingerprint density at radius 2 is 1.95 bits per heavy atom. The van der Waals surface area contributed by atoms with Gasteiger partial charge < -0.3 is 10.4 Å². The predicted molar refractivity (Wildman–Crippen MR) is 70.4 cm³/mol. The van der Waals surface area contributed by atoms with Gasteiger partial charge in [0, 0.05) is 23.7 Å². The number of hydrogen-bond acceptors (Lipinski definition) is 2. The van der Waals surface area contributed by atoms with Gasteiger partial charge in [0.05, 0.1) is 0 Å². The average molecular weight is 277 g/mol. The highest BCUT2D eigenvalue weighted by Crippen LogP contribution is 2.17. The fourth-order valence-corrected chi connectivity index (χ4v) is 1.69. The van der Waals surface area contributed by atoms with Gasteiger partial charge in [0.1, 0.15) is 17.4 Å². The second kappa shape index (κ2) is 5.69. The molecule has 1 amide bonds. The van der Waals surface area contributed by atoms with Crippen LogP contribution in [0.4, 0.5) is 8.78 Å². The number of aromatic hydroxyl groups is 1. The van der Waals surface area contributed by atoms with Gasteiger partial charge >= 0.3 is 0 Å². The first-order chi connectivity index (χ1) is 9.47. The highest BCUT2D eigenvalue weighted by Gasteiger charge is 2.09. The van der Waals surface area contributed by atoms with Crippen molar-refractivity contribution in [2.24, 2.45) is 0 Å². The third-order valence-electron chi connectivity index (χ3n) is 2.93. The summed E-state index contributed by atoms with van der Waals surface area (Å²) in [5.74, 6) is -1.80. The fraction of sp³-hybridized carbons (Fsp3) is 0.133. The summed E-state index contributed by atoms with van der Waals surface area (Å²) in [6.07, 6.45) is 0. The average Bonchev–Trinajstić information content (AvgIpc) is 2.40. The van der Waals surface area contributed by atoms with E-state index in [0.717, 1.165) is 12.1 Å². The molecule has 2 rings (SSSR count). The van der Waals surface area contributed by atoms with Gasteiger partial charge in [-0.25, -0.2) is 8.78 Å². The molecule has 0 spiro atoms. The molecule has 2 N–H and O–H groups in total. The molecule has 2 aromatic carbocycles. The van der Waals surface area contributed by atoms with Crippen LogP contribution >= 0.6 is 0 Å². The van der Waals surface area contributed by atoms with Crippen LogP contribution < -0.4 is 5.32 Å². The molecule has 0 saturated heterocycles. The lowest BCUT2D eigenvalue weighted by atomic mass is 10.1. The Bertz CT molecular complexity index is 656. The summed E-state index contributed by atoms with van der Waals surface area (Å²) >= 11 is 0. The number of hydrogen-bond donors (Lipinski definition) is 2. The summed E-state index contributed by atoms with van der Waals surface area (Å²) in [6, 6.07) is 7.68. The topological polar surface area (TPSA) is 49.3 Å². The Balaban J connectivity index is 2.06. The quantitative estimate of drug-likeness (QED) is 0.906. The monoisotopic (exact) mass is 277 g/mol. The maximum atomic E-state index is 13.4. The van der Waals surface area contributed by atoms with Gasteiger partial charge in [-0.2, -0.15) is 0 Å². The molecule has 0 atom stereocenters. The van der Waals surface area contributed by atoms with Crippen LogP contribution in [0.3, 0.4) is 0 Å². The molecular weight excluding hydrogens is 264 g/mol. The predicted octanol–water partition coefficient (Wildman–Crippen LogP) is 2.91. The van der Waals surface area contributed by atoms with Gasteiger partial charge in [0.2, 0.25) is 0 Å². The molecule has 0 aliphatic heterocycles. The number of nitrogens with one attached hydrogen (secondary N) is 1. The highest BCUT2D eigenvalue weighted by atomic mass is 19.1. The fourth-order valence-electron chi connectivity index (χ4n) is 1.69.